The summed E-state index contributed by atoms with van der Waals surface area (Å²) in [5.74, 6) is 0. The quantitative estimate of drug-likeness (QED) is 0.738. The molecule has 78 valence electrons. The van der Waals surface area contributed by atoms with Gasteiger partial charge in [0.2, 0.25) is 0 Å². The molecule has 3 rings (SSSR count). The van der Waals surface area contributed by atoms with Crippen LogP contribution in [0, 0.1) is 0 Å². The Hall–Kier alpha value is -1.35. The van der Waals surface area contributed by atoms with E-state index in [9.17, 15) is 0 Å². The molecule has 0 aliphatic carbocycles. The van der Waals surface area contributed by atoms with E-state index in [0.717, 1.165) is 12.1 Å². The third-order valence-corrected chi connectivity index (χ3v) is 3.18. The zero-order valence-electron chi connectivity index (χ0n) is 8.98. The van der Waals surface area contributed by atoms with Gasteiger partial charge in [-0.05, 0) is 31.1 Å². The SMILES string of the molecule is Cn1cnc2c(CN3CCC3)cccc21. The summed E-state index contributed by atoms with van der Waals surface area (Å²) in [7, 11) is 2.04. The maximum Gasteiger partial charge on any atom is 0.0955 e. The Morgan fingerprint density at radius 2 is 2.20 bits per heavy atom. The van der Waals surface area contributed by atoms with Crippen LogP contribution in [0.25, 0.3) is 11.0 Å². The summed E-state index contributed by atoms with van der Waals surface area (Å²) in [5.41, 5.74) is 3.74. The molecule has 1 saturated heterocycles. The zero-order valence-corrected chi connectivity index (χ0v) is 8.98. The van der Waals surface area contributed by atoms with Crippen LogP contribution >= 0.6 is 0 Å². The lowest BCUT2D eigenvalue weighted by Gasteiger charge is -2.30. The third-order valence-electron chi connectivity index (χ3n) is 3.18. The Balaban J connectivity index is 2.01. The van der Waals surface area contributed by atoms with Crippen LogP contribution in [-0.4, -0.2) is 27.5 Å². The molecule has 1 aliphatic heterocycles. The van der Waals surface area contributed by atoms with Gasteiger partial charge in [0.1, 0.15) is 0 Å². The normalized spacial score (nSPS) is 16.9. The van der Waals surface area contributed by atoms with E-state index in [-0.39, 0.29) is 0 Å². The molecule has 1 fully saturated rings. The van der Waals surface area contributed by atoms with Crippen molar-refractivity contribution in [1.29, 1.82) is 0 Å². The van der Waals surface area contributed by atoms with Crippen LogP contribution in [0.4, 0.5) is 0 Å². The average Bonchev–Trinajstić information content (AvgIpc) is 2.55. The largest absolute Gasteiger partial charge is 0.334 e. The van der Waals surface area contributed by atoms with Gasteiger partial charge in [0.25, 0.3) is 0 Å². The van der Waals surface area contributed by atoms with Crippen LogP contribution < -0.4 is 0 Å². The molecular weight excluding hydrogens is 186 g/mol. The molecule has 15 heavy (non-hydrogen) atoms. The van der Waals surface area contributed by atoms with Gasteiger partial charge in [-0.1, -0.05) is 12.1 Å². The molecule has 0 spiro atoms. The number of hydrogen-bond donors (Lipinski definition) is 0. The minimum absolute atomic E-state index is 1.05. The Morgan fingerprint density at radius 1 is 1.33 bits per heavy atom. The van der Waals surface area contributed by atoms with Crippen LogP contribution in [0.3, 0.4) is 0 Å². The van der Waals surface area contributed by atoms with Gasteiger partial charge in [0.05, 0.1) is 17.4 Å². The minimum Gasteiger partial charge on any atom is -0.334 e. The minimum atomic E-state index is 1.05. The van der Waals surface area contributed by atoms with E-state index in [4.69, 9.17) is 0 Å². The van der Waals surface area contributed by atoms with Crippen molar-refractivity contribution >= 4 is 11.0 Å². The summed E-state index contributed by atoms with van der Waals surface area (Å²) in [4.78, 5) is 6.93. The van der Waals surface area contributed by atoms with E-state index in [0.29, 0.717) is 0 Å². The lowest BCUT2D eigenvalue weighted by atomic mass is 10.1. The summed E-state index contributed by atoms with van der Waals surface area (Å²) >= 11 is 0. The molecule has 3 heteroatoms. The topological polar surface area (TPSA) is 21.1 Å². The Morgan fingerprint density at radius 3 is 2.93 bits per heavy atom. The summed E-state index contributed by atoms with van der Waals surface area (Å²) in [6.45, 7) is 3.53. The van der Waals surface area contributed by atoms with Crippen molar-refractivity contribution in [2.24, 2.45) is 7.05 Å². The highest BCUT2D eigenvalue weighted by Gasteiger charge is 2.15. The van der Waals surface area contributed by atoms with E-state index in [1.807, 2.05) is 13.4 Å². The summed E-state index contributed by atoms with van der Waals surface area (Å²) in [6, 6.07) is 6.44. The van der Waals surface area contributed by atoms with Gasteiger partial charge in [-0.25, -0.2) is 4.98 Å². The lowest BCUT2D eigenvalue weighted by molar-refractivity contribution is 0.173. The molecular formula is C12H15N3. The van der Waals surface area contributed by atoms with Gasteiger partial charge in [-0.15, -0.1) is 0 Å². The fourth-order valence-corrected chi connectivity index (χ4v) is 2.13. The fourth-order valence-electron chi connectivity index (χ4n) is 2.13. The number of imidazole rings is 1. The number of rotatable bonds is 2. The standard InChI is InChI=1S/C12H15N3/c1-14-9-13-12-10(4-2-5-11(12)14)8-15-6-3-7-15/h2,4-5,9H,3,6-8H2,1H3. The van der Waals surface area contributed by atoms with Crippen LogP contribution in [0.2, 0.25) is 0 Å². The third kappa shape index (κ3) is 1.43. The molecule has 2 aromatic rings. The van der Waals surface area contributed by atoms with Crippen molar-refractivity contribution in [2.45, 2.75) is 13.0 Å². The number of aromatic nitrogens is 2. The second-order valence-corrected chi connectivity index (χ2v) is 4.27. The molecule has 1 aromatic heterocycles. The van der Waals surface area contributed by atoms with Gasteiger partial charge in [0.15, 0.2) is 0 Å². The predicted molar refractivity (Wildman–Crippen MR) is 60.6 cm³/mol. The van der Waals surface area contributed by atoms with Gasteiger partial charge >= 0.3 is 0 Å². The van der Waals surface area contributed by atoms with Gasteiger partial charge in [-0.2, -0.15) is 0 Å². The number of para-hydroxylation sites is 1. The molecule has 3 nitrogen and oxygen atoms in total. The molecule has 0 amide bonds. The molecule has 1 aromatic carbocycles. The van der Waals surface area contributed by atoms with Crippen molar-refractivity contribution in [3.8, 4) is 0 Å². The molecule has 0 saturated carbocycles. The molecule has 0 unspecified atom stereocenters. The maximum atomic E-state index is 4.47. The van der Waals surface area contributed by atoms with E-state index in [1.165, 1.54) is 30.6 Å². The first kappa shape index (κ1) is 8.92. The molecule has 0 atom stereocenters. The zero-order chi connectivity index (χ0) is 10.3. The summed E-state index contributed by atoms with van der Waals surface area (Å²) < 4.78 is 2.08. The van der Waals surface area contributed by atoms with Crippen molar-refractivity contribution in [3.63, 3.8) is 0 Å². The van der Waals surface area contributed by atoms with Crippen LogP contribution in [0.1, 0.15) is 12.0 Å². The molecule has 2 heterocycles. The molecule has 0 bridgehead atoms. The van der Waals surface area contributed by atoms with Crippen LogP contribution in [-0.2, 0) is 13.6 Å². The smallest absolute Gasteiger partial charge is 0.0955 e. The Kier molecular flexibility index (Phi) is 1.99. The van der Waals surface area contributed by atoms with Crippen molar-refractivity contribution in [1.82, 2.24) is 14.5 Å². The number of likely N-dealkylation sites (tertiary alicyclic amines) is 1. The highest BCUT2D eigenvalue weighted by atomic mass is 15.2. The number of nitrogens with zero attached hydrogens (tertiary/aromatic N) is 3. The first-order valence-corrected chi connectivity index (χ1v) is 5.46. The monoisotopic (exact) mass is 201 g/mol. The van der Waals surface area contributed by atoms with Crippen molar-refractivity contribution in [2.75, 3.05) is 13.1 Å². The van der Waals surface area contributed by atoms with Crippen molar-refractivity contribution in [3.05, 3.63) is 30.1 Å². The van der Waals surface area contributed by atoms with Crippen LogP contribution in [0.15, 0.2) is 24.5 Å². The van der Waals surface area contributed by atoms with E-state index >= 15 is 0 Å². The summed E-state index contributed by atoms with van der Waals surface area (Å²) in [6.07, 6.45) is 3.24. The highest BCUT2D eigenvalue weighted by molar-refractivity contribution is 5.78. The fraction of sp³-hybridized carbons (Fsp3) is 0.417. The number of fused-ring (bicyclic) bond motifs is 1. The number of aryl methyl sites for hydroxylation is 1. The van der Waals surface area contributed by atoms with Gasteiger partial charge in [-0.3, -0.25) is 4.90 Å². The predicted octanol–water partition coefficient (Wildman–Crippen LogP) is 1.78. The van der Waals surface area contributed by atoms with Gasteiger partial charge < -0.3 is 4.57 Å². The Bertz CT molecular complexity index is 483. The molecule has 0 N–H and O–H groups in total. The second-order valence-electron chi connectivity index (χ2n) is 4.27. The molecule has 0 radical (unpaired) electrons. The maximum absolute atomic E-state index is 4.47. The first-order chi connectivity index (χ1) is 7.34. The Labute approximate surface area is 89.3 Å². The van der Waals surface area contributed by atoms with Crippen LogP contribution in [0.5, 0.6) is 0 Å². The summed E-state index contributed by atoms with van der Waals surface area (Å²) in [5, 5.41) is 0. The first-order valence-electron chi connectivity index (χ1n) is 5.46. The van der Waals surface area contributed by atoms with Crippen molar-refractivity contribution < 1.29 is 0 Å². The van der Waals surface area contributed by atoms with E-state index < -0.39 is 0 Å². The average molecular weight is 201 g/mol. The number of hydrogen-bond acceptors (Lipinski definition) is 2. The van der Waals surface area contributed by atoms with E-state index in [2.05, 4.69) is 32.7 Å². The molecule has 1 aliphatic rings. The number of benzene rings is 1. The van der Waals surface area contributed by atoms with Gasteiger partial charge in [0, 0.05) is 13.6 Å². The highest BCUT2D eigenvalue weighted by Crippen LogP contribution is 2.20. The lowest BCUT2D eigenvalue weighted by Crippen LogP contribution is -2.36. The van der Waals surface area contributed by atoms with E-state index in [1.54, 1.807) is 0 Å². The second kappa shape index (κ2) is 3.35.